The van der Waals surface area contributed by atoms with E-state index < -0.39 is 52.1 Å². The lowest BCUT2D eigenvalue weighted by molar-refractivity contribution is 0.0283. The van der Waals surface area contributed by atoms with Gasteiger partial charge in [-0.2, -0.15) is 0 Å². The molecular formula is C33H40BN3O10S. The molecule has 1 aliphatic carbocycles. The molecule has 4 N–H and O–H groups in total. The van der Waals surface area contributed by atoms with Gasteiger partial charge in [-0.15, -0.1) is 0 Å². The van der Waals surface area contributed by atoms with Gasteiger partial charge in [-0.05, 0) is 74.0 Å². The van der Waals surface area contributed by atoms with Crippen LogP contribution in [0.3, 0.4) is 0 Å². The van der Waals surface area contributed by atoms with Gasteiger partial charge in [-0.25, -0.2) is 22.8 Å². The average Bonchev–Trinajstić information content (AvgIpc) is 3.88. The third-order valence-electron chi connectivity index (χ3n) is 7.21. The van der Waals surface area contributed by atoms with Crippen LogP contribution in [0.15, 0.2) is 77.7 Å². The Hall–Kier alpha value is -4.60. The smallest absolute Gasteiger partial charge is 0.447 e. The molecule has 1 fully saturated rings. The van der Waals surface area contributed by atoms with Crippen LogP contribution in [0.5, 0.6) is 0 Å². The van der Waals surface area contributed by atoms with E-state index in [1.807, 2.05) is 18.2 Å². The number of sulfone groups is 1. The highest BCUT2D eigenvalue weighted by Gasteiger charge is 2.38. The first kappa shape index (κ1) is 36.2. The molecule has 0 aliphatic heterocycles. The normalized spacial score (nSPS) is 13.5. The summed E-state index contributed by atoms with van der Waals surface area (Å²) in [6.07, 6.45) is -1.21. The van der Waals surface area contributed by atoms with Gasteiger partial charge < -0.3 is 34.5 Å². The Balaban J connectivity index is 1.47. The molecule has 1 aliphatic rings. The number of benzene rings is 3. The summed E-state index contributed by atoms with van der Waals surface area (Å²) in [4.78, 5) is 39.6. The largest absolute Gasteiger partial charge is 0.488 e. The van der Waals surface area contributed by atoms with Crippen molar-refractivity contribution in [2.24, 2.45) is 0 Å². The number of hydrogen-bond donors (Lipinski definition) is 4. The molecule has 0 spiro atoms. The number of nitrogens with zero attached hydrogens (tertiary/aromatic N) is 1. The lowest BCUT2D eigenvalue weighted by atomic mass is 9.80. The molecule has 48 heavy (non-hydrogen) atoms. The van der Waals surface area contributed by atoms with Crippen LogP contribution in [0.25, 0.3) is 0 Å². The van der Waals surface area contributed by atoms with Crippen LogP contribution in [0.1, 0.15) is 56.3 Å². The summed E-state index contributed by atoms with van der Waals surface area (Å²) in [6.45, 7) is 4.74. The zero-order valence-corrected chi connectivity index (χ0v) is 28.0. The topological polar surface area (TPSA) is 181 Å². The first-order valence-corrected chi connectivity index (χ1v) is 16.8. The maximum atomic E-state index is 13.2. The number of alkyl carbamates (subject to hydrolysis) is 1. The zero-order valence-electron chi connectivity index (χ0n) is 27.2. The lowest BCUT2D eigenvalue weighted by Crippen LogP contribution is -2.34. The standard InChI is InChI=1S/C33H40BN3O10S/c1-33(2,3)47-32(40)37(4)19-24-18-26(14-17-29(24)48(43,44)27-15-16-27)35-30(38)46-21-28(23-10-12-25(13-11-23)34(41)42)36-31(39)45-20-22-8-6-5-7-9-22/h5-14,17-18,27-28,41-42H,15-16,19-21H2,1-4H3,(H,35,38)(H,36,39)/t28-/m0/s1. The molecule has 4 rings (SSSR count). The van der Waals surface area contributed by atoms with Gasteiger partial charge in [0.1, 0.15) is 18.8 Å². The van der Waals surface area contributed by atoms with Crippen LogP contribution in [-0.2, 0) is 37.2 Å². The quantitative estimate of drug-likeness (QED) is 0.162. The van der Waals surface area contributed by atoms with Gasteiger partial charge in [-0.1, -0.05) is 54.6 Å². The number of carbonyl (C=O) groups is 3. The van der Waals surface area contributed by atoms with Crippen LogP contribution < -0.4 is 16.1 Å². The Bertz CT molecular complexity index is 1690. The molecule has 0 aromatic heterocycles. The van der Waals surface area contributed by atoms with Crippen molar-refractivity contribution in [3.8, 4) is 0 Å². The lowest BCUT2D eigenvalue weighted by Gasteiger charge is -2.25. The van der Waals surface area contributed by atoms with Crippen molar-refractivity contribution < 1.29 is 47.1 Å². The predicted octanol–water partition coefficient (Wildman–Crippen LogP) is 3.89. The average molecular weight is 682 g/mol. The number of carbonyl (C=O) groups excluding carboxylic acids is 3. The molecule has 0 unspecified atom stereocenters. The Morgan fingerprint density at radius 2 is 1.62 bits per heavy atom. The fourth-order valence-electron chi connectivity index (χ4n) is 4.62. The maximum Gasteiger partial charge on any atom is 0.488 e. The minimum Gasteiger partial charge on any atom is -0.447 e. The summed E-state index contributed by atoms with van der Waals surface area (Å²) in [5, 5.41) is 23.7. The molecule has 0 bridgehead atoms. The van der Waals surface area contributed by atoms with Gasteiger partial charge in [0.2, 0.25) is 0 Å². The molecule has 0 radical (unpaired) electrons. The Morgan fingerprint density at radius 1 is 0.958 bits per heavy atom. The molecule has 15 heteroatoms. The van der Waals surface area contributed by atoms with Crippen molar-refractivity contribution in [1.82, 2.24) is 10.2 Å². The number of anilines is 1. The van der Waals surface area contributed by atoms with Crippen molar-refractivity contribution in [3.63, 3.8) is 0 Å². The fourth-order valence-corrected chi connectivity index (χ4v) is 6.48. The molecule has 3 aromatic rings. The van der Waals surface area contributed by atoms with Crippen molar-refractivity contribution in [3.05, 3.63) is 89.5 Å². The highest BCUT2D eigenvalue weighted by molar-refractivity contribution is 7.92. The molecule has 13 nitrogen and oxygen atoms in total. The van der Waals surface area contributed by atoms with E-state index in [0.717, 1.165) is 5.56 Å². The van der Waals surface area contributed by atoms with E-state index >= 15 is 0 Å². The zero-order chi connectivity index (χ0) is 35.1. The van der Waals surface area contributed by atoms with Gasteiger partial charge in [0.25, 0.3) is 0 Å². The van der Waals surface area contributed by atoms with E-state index in [0.29, 0.717) is 24.0 Å². The third kappa shape index (κ3) is 10.5. The molecule has 3 amide bonds. The van der Waals surface area contributed by atoms with E-state index in [4.69, 9.17) is 14.2 Å². The van der Waals surface area contributed by atoms with E-state index in [-0.39, 0.29) is 35.8 Å². The van der Waals surface area contributed by atoms with Crippen molar-refractivity contribution in [1.29, 1.82) is 0 Å². The van der Waals surface area contributed by atoms with Crippen LogP contribution in [0.2, 0.25) is 0 Å². The number of amides is 3. The second-order valence-electron chi connectivity index (χ2n) is 12.4. The second-order valence-corrected chi connectivity index (χ2v) is 14.6. The summed E-state index contributed by atoms with van der Waals surface area (Å²) in [5.74, 6) is 0. The molecule has 0 saturated heterocycles. The van der Waals surface area contributed by atoms with Gasteiger partial charge in [-0.3, -0.25) is 5.32 Å². The van der Waals surface area contributed by atoms with Gasteiger partial charge in [0.15, 0.2) is 9.84 Å². The van der Waals surface area contributed by atoms with Crippen LogP contribution in [-0.4, -0.2) is 73.3 Å². The Morgan fingerprint density at radius 3 is 2.23 bits per heavy atom. The monoisotopic (exact) mass is 681 g/mol. The first-order valence-electron chi connectivity index (χ1n) is 15.3. The molecule has 256 valence electrons. The Kier molecular flexibility index (Phi) is 11.7. The highest BCUT2D eigenvalue weighted by Crippen LogP contribution is 2.36. The summed E-state index contributed by atoms with van der Waals surface area (Å²) in [6, 6.07) is 18.5. The van der Waals surface area contributed by atoms with Gasteiger partial charge >= 0.3 is 25.4 Å². The molecule has 1 saturated carbocycles. The molecule has 3 aromatic carbocycles. The van der Waals surface area contributed by atoms with Crippen molar-refractivity contribution in [2.75, 3.05) is 19.0 Å². The number of hydrogen-bond acceptors (Lipinski definition) is 10. The van der Waals surface area contributed by atoms with Gasteiger partial charge in [0, 0.05) is 12.7 Å². The fraction of sp³-hybridized carbons (Fsp3) is 0.364. The van der Waals surface area contributed by atoms with Crippen molar-refractivity contribution in [2.45, 2.75) is 68.6 Å². The Labute approximate surface area is 280 Å². The molecular weight excluding hydrogens is 641 g/mol. The summed E-state index contributed by atoms with van der Waals surface area (Å²) >= 11 is 0. The third-order valence-corrected chi connectivity index (χ3v) is 9.57. The number of nitrogens with one attached hydrogen (secondary N) is 2. The summed E-state index contributed by atoms with van der Waals surface area (Å²) in [7, 11) is -3.85. The second kappa shape index (κ2) is 15.5. The van der Waals surface area contributed by atoms with Crippen LogP contribution in [0.4, 0.5) is 20.1 Å². The number of ether oxygens (including phenoxy) is 3. The first-order chi connectivity index (χ1) is 22.6. The summed E-state index contributed by atoms with van der Waals surface area (Å²) in [5.41, 5.74) is 1.24. The molecule has 0 heterocycles. The van der Waals surface area contributed by atoms with Crippen molar-refractivity contribution >= 4 is 46.4 Å². The van der Waals surface area contributed by atoms with Crippen LogP contribution in [0, 0.1) is 0 Å². The van der Waals surface area contributed by atoms with Gasteiger partial charge in [0.05, 0.1) is 22.7 Å². The van der Waals surface area contributed by atoms with E-state index in [1.54, 1.807) is 45.0 Å². The van der Waals surface area contributed by atoms with E-state index in [9.17, 15) is 32.8 Å². The minimum absolute atomic E-state index is 0.00822. The number of rotatable bonds is 12. The predicted molar refractivity (Wildman–Crippen MR) is 178 cm³/mol. The van der Waals surface area contributed by atoms with E-state index in [2.05, 4.69) is 10.6 Å². The van der Waals surface area contributed by atoms with E-state index in [1.165, 1.54) is 42.3 Å². The SMILES string of the molecule is CN(Cc1cc(NC(=O)OC[C@H](NC(=O)OCc2ccccc2)c2ccc(B(O)O)cc2)ccc1S(=O)(=O)C1CC1)C(=O)OC(C)(C)C. The molecule has 1 atom stereocenters. The minimum atomic E-state index is -3.65. The maximum absolute atomic E-state index is 13.2. The highest BCUT2D eigenvalue weighted by atomic mass is 32.2. The summed E-state index contributed by atoms with van der Waals surface area (Å²) < 4.78 is 42.6. The van der Waals surface area contributed by atoms with Crippen LogP contribution >= 0.6 is 0 Å².